The molecule has 8 nitrogen and oxygen atoms in total. The van der Waals surface area contributed by atoms with E-state index >= 15 is 0 Å². The molecule has 1 fully saturated rings. The maximum atomic E-state index is 8.92. The molecule has 1 aromatic carbocycles. The zero-order valence-electron chi connectivity index (χ0n) is 13.5. The molecule has 3 N–H and O–H groups in total. The number of hydrogen-bond donors (Lipinski definition) is 3. The first-order valence-corrected chi connectivity index (χ1v) is 8.11. The van der Waals surface area contributed by atoms with Gasteiger partial charge in [0.1, 0.15) is 0 Å². The molecule has 1 aliphatic heterocycles. The van der Waals surface area contributed by atoms with E-state index in [1.807, 2.05) is 30.3 Å². The summed E-state index contributed by atoms with van der Waals surface area (Å²) >= 11 is 0. The van der Waals surface area contributed by atoms with Gasteiger partial charge in [-0.05, 0) is 18.6 Å². The second-order valence-corrected chi connectivity index (χ2v) is 5.38. The lowest BCUT2D eigenvalue weighted by Crippen LogP contribution is -2.37. The normalized spacial score (nSPS) is 14.5. The maximum absolute atomic E-state index is 8.92. The number of anilines is 4. The Labute approximate surface area is 140 Å². The molecule has 8 heteroatoms. The SMILES string of the molecule is OCCCNc1nc(Nc2ccccc2)nc(N2CCOCC2)n1. The molecule has 0 aliphatic carbocycles. The summed E-state index contributed by atoms with van der Waals surface area (Å²) in [6.07, 6.45) is 0.639. The van der Waals surface area contributed by atoms with Gasteiger partial charge in [0.2, 0.25) is 17.8 Å². The predicted octanol–water partition coefficient (Wildman–Crippen LogP) is 1.25. The number of morpholine rings is 1. The van der Waals surface area contributed by atoms with Crippen LogP contribution in [0.1, 0.15) is 6.42 Å². The summed E-state index contributed by atoms with van der Waals surface area (Å²) in [6.45, 7) is 3.58. The second-order valence-electron chi connectivity index (χ2n) is 5.38. The van der Waals surface area contributed by atoms with Crippen LogP contribution in [0.3, 0.4) is 0 Å². The van der Waals surface area contributed by atoms with E-state index in [2.05, 4.69) is 30.5 Å². The van der Waals surface area contributed by atoms with Crippen molar-refractivity contribution < 1.29 is 9.84 Å². The molecule has 128 valence electrons. The van der Waals surface area contributed by atoms with E-state index in [1.165, 1.54) is 0 Å². The van der Waals surface area contributed by atoms with Gasteiger partial charge in [-0.2, -0.15) is 15.0 Å². The fraction of sp³-hybridized carbons (Fsp3) is 0.438. The number of aliphatic hydroxyl groups excluding tert-OH is 1. The maximum Gasteiger partial charge on any atom is 0.233 e. The van der Waals surface area contributed by atoms with Crippen molar-refractivity contribution in [3.05, 3.63) is 30.3 Å². The van der Waals surface area contributed by atoms with Crippen molar-refractivity contribution >= 4 is 23.5 Å². The van der Waals surface area contributed by atoms with Gasteiger partial charge in [-0.15, -0.1) is 0 Å². The average molecular weight is 330 g/mol. The van der Waals surface area contributed by atoms with Crippen LogP contribution in [-0.4, -0.2) is 59.5 Å². The van der Waals surface area contributed by atoms with Gasteiger partial charge in [0.25, 0.3) is 0 Å². The van der Waals surface area contributed by atoms with E-state index in [-0.39, 0.29) is 6.61 Å². The first-order chi connectivity index (χ1) is 11.8. The van der Waals surface area contributed by atoms with Crippen molar-refractivity contribution in [2.45, 2.75) is 6.42 Å². The number of benzene rings is 1. The molecule has 1 saturated heterocycles. The molecular weight excluding hydrogens is 308 g/mol. The lowest BCUT2D eigenvalue weighted by atomic mass is 10.3. The molecule has 0 radical (unpaired) electrons. The highest BCUT2D eigenvalue weighted by molar-refractivity contribution is 5.55. The standard InChI is InChI=1S/C16H22N6O2/c23-10-4-7-17-14-19-15(18-13-5-2-1-3-6-13)21-16(20-14)22-8-11-24-12-9-22/h1-3,5-6,23H,4,7-12H2,(H2,17,18,19,20,21). The highest BCUT2D eigenvalue weighted by Gasteiger charge is 2.16. The molecule has 0 saturated carbocycles. The molecule has 0 unspecified atom stereocenters. The molecule has 0 atom stereocenters. The zero-order valence-corrected chi connectivity index (χ0v) is 13.5. The van der Waals surface area contributed by atoms with Gasteiger partial charge in [-0.3, -0.25) is 0 Å². The summed E-state index contributed by atoms with van der Waals surface area (Å²) < 4.78 is 5.38. The van der Waals surface area contributed by atoms with Crippen molar-refractivity contribution in [2.24, 2.45) is 0 Å². The number of nitrogens with zero attached hydrogens (tertiary/aromatic N) is 4. The van der Waals surface area contributed by atoms with Crippen molar-refractivity contribution in [1.82, 2.24) is 15.0 Å². The van der Waals surface area contributed by atoms with Crippen molar-refractivity contribution in [3.63, 3.8) is 0 Å². The number of para-hydroxylation sites is 1. The summed E-state index contributed by atoms with van der Waals surface area (Å²) in [5.41, 5.74) is 0.915. The highest BCUT2D eigenvalue weighted by atomic mass is 16.5. The summed E-state index contributed by atoms with van der Waals surface area (Å²) in [4.78, 5) is 15.5. The second kappa shape index (κ2) is 8.42. The van der Waals surface area contributed by atoms with Gasteiger partial charge in [-0.1, -0.05) is 18.2 Å². The molecule has 2 heterocycles. The Morgan fingerprint density at radius 3 is 2.54 bits per heavy atom. The number of nitrogens with one attached hydrogen (secondary N) is 2. The minimum atomic E-state index is 0.128. The molecule has 3 rings (SSSR count). The Morgan fingerprint density at radius 2 is 1.79 bits per heavy atom. The van der Waals surface area contributed by atoms with Gasteiger partial charge in [-0.25, -0.2) is 0 Å². The van der Waals surface area contributed by atoms with Gasteiger partial charge in [0.15, 0.2) is 0 Å². The van der Waals surface area contributed by atoms with Crippen molar-refractivity contribution in [1.29, 1.82) is 0 Å². The van der Waals surface area contributed by atoms with Crippen LogP contribution < -0.4 is 15.5 Å². The van der Waals surface area contributed by atoms with Crippen LogP contribution in [-0.2, 0) is 4.74 Å². The number of aromatic nitrogens is 3. The summed E-state index contributed by atoms with van der Waals surface area (Å²) in [5, 5.41) is 15.3. The van der Waals surface area contributed by atoms with E-state index < -0.39 is 0 Å². The van der Waals surface area contributed by atoms with Crippen LogP contribution in [0.5, 0.6) is 0 Å². The summed E-state index contributed by atoms with van der Waals surface area (Å²) in [7, 11) is 0. The number of hydrogen-bond acceptors (Lipinski definition) is 8. The molecule has 0 spiro atoms. The topological polar surface area (TPSA) is 95.4 Å². The van der Waals surface area contributed by atoms with Gasteiger partial charge in [0.05, 0.1) is 13.2 Å². The van der Waals surface area contributed by atoms with Gasteiger partial charge in [0, 0.05) is 31.9 Å². The lowest BCUT2D eigenvalue weighted by Gasteiger charge is -2.27. The minimum absolute atomic E-state index is 0.128. The lowest BCUT2D eigenvalue weighted by molar-refractivity contribution is 0.122. The predicted molar refractivity (Wildman–Crippen MR) is 92.8 cm³/mol. The van der Waals surface area contributed by atoms with E-state index in [0.717, 1.165) is 18.8 Å². The zero-order chi connectivity index (χ0) is 16.6. The largest absolute Gasteiger partial charge is 0.396 e. The van der Waals surface area contributed by atoms with Crippen LogP contribution in [0.4, 0.5) is 23.5 Å². The Kier molecular flexibility index (Phi) is 5.75. The monoisotopic (exact) mass is 330 g/mol. The highest BCUT2D eigenvalue weighted by Crippen LogP contribution is 2.18. The van der Waals surface area contributed by atoms with Crippen LogP contribution in [0, 0.1) is 0 Å². The number of rotatable bonds is 7. The Morgan fingerprint density at radius 1 is 1.04 bits per heavy atom. The summed E-state index contributed by atoms with van der Waals surface area (Å²) in [6, 6.07) is 9.77. The summed E-state index contributed by atoms with van der Waals surface area (Å²) in [5.74, 6) is 1.61. The third kappa shape index (κ3) is 4.53. The van der Waals surface area contributed by atoms with Crippen LogP contribution in [0.15, 0.2) is 30.3 Å². The Hall–Kier alpha value is -2.45. The quantitative estimate of drug-likeness (QED) is 0.653. The third-order valence-electron chi connectivity index (χ3n) is 3.57. The van der Waals surface area contributed by atoms with E-state index in [0.29, 0.717) is 44.0 Å². The van der Waals surface area contributed by atoms with Crippen LogP contribution >= 0.6 is 0 Å². The first-order valence-electron chi connectivity index (χ1n) is 8.11. The third-order valence-corrected chi connectivity index (χ3v) is 3.57. The van der Waals surface area contributed by atoms with E-state index in [9.17, 15) is 0 Å². The number of ether oxygens (including phenoxy) is 1. The van der Waals surface area contributed by atoms with E-state index in [1.54, 1.807) is 0 Å². The Bertz CT molecular complexity index is 634. The molecule has 0 amide bonds. The molecule has 1 aliphatic rings. The van der Waals surface area contributed by atoms with Crippen LogP contribution in [0.2, 0.25) is 0 Å². The molecule has 0 bridgehead atoms. The fourth-order valence-electron chi connectivity index (χ4n) is 2.33. The minimum Gasteiger partial charge on any atom is -0.396 e. The van der Waals surface area contributed by atoms with Gasteiger partial charge < -0.3 is 25.4 Å². The van der Waals surface area contributed by atoms with Crippen molar-refractivity contribution in [3.8, 4) is 0 Å². The molecular formula is C16H22N6O2. The number of aliphatic hydroxyl groups is 1. The average Bonchev–Trinajstić information content (AvgIpc) is 2.63. The fourth-order valence-corrected chi connectivity index (χ4v) is 2.33. The van der Waals surface area contributed by atoms with E-state index in [4.69, 9.17) is 9.84 Å². The molecule has 1 aromatic heterocycles. The Balaban J connectivity index is 1.81. The van der Waals surface area contributed by atoms with Crippen molar-refractivity contribution in [2.75, 3.05) is 55.0 Å². The smallest absolute Gasteiger partial charge is 0.233 e. The molecule has 24 heavy (non-hydrogen) atoms. The first kappa shape index (κ1) is 16.4. The van der Waals surface area contributed by atoms with Crippen LogP contribution in [0.25, 0.3) is 0 Å². The molecule has 2 aromatic rings. The van der Waals surface area contributed by atoms with Gasteiger partial charge >= 0.3 is 0 Å².